The number of carbonyl (C=O) groups is 1. The quantitative estimate of drug-likeness (QED) is 0.838. The molecule has 112 valence electrons. The van der Waals surface area contributed by atoms with E-state index < -0.39 is 0 Å². The zero-order valence-corrected chi connectivity index (χ0v) is 13.3. The summed E-state index contributed by atoms with van der Waals surface area (Å²) in [5.74, 6) is -0.0315. The maximum absolute atomic E-state index is 12.7. The predicted molar refractivity (Wildman–Crippen MR) is 87.7 cm³/mol. The highest BCUT2D eigenvalue weighted by Gasteiger charge is 2.21. The van der Waals surface area contributed by atoms with Gasteiger partial charge in [-0.25, -0.2) is 0 Å². The molecule has 22 heavy (non-hydrogen) atoms. The fourth-order valence-corrected chi connectivity index (χ4v) is 2.49. The Morgan fingerprint density at radius 2 is 1.77 bits per heavy atom. The normalized spacial score (nSPS) is 11.5. The van der Waals surface area contributed by atoms with Crippen LogP contribution in [0.25, 0.3) is 0 Å². The van der Waals surface area contributed by atoms with E-state index in [9.17, 15) is 4.79 Å². The molecule has 0 heterocycles. The number of amides is 1. The lowest BCUT2D eigenvalue weighted by molar-refractivity contribution is 0.0702. The van der Waals surface area contributed by atoms with Crippen molar-refractivity contribution in [2.45, 2.75) is 19.9 Å². The van der Waals surface area contributed by atoms with Gasteiger partial charge in [0.05, 0.1) is 17.7 Å². The number of nitriles is 1. The predicted octanol–water partition coefficient (Wildman–Crippen LogP) is 4.43. The minimum absolute atomic E-state index is 0.0315. The number of rotatable bonds is 4. The van der Waals surface area contributed by atoms with E-state index in [2.05, 4.69) is 6.07 Å². The third-order valence-corrected chi connectivity index (χ3v) is 3.93. The van der Waals surface area contributed by atoms with Crippen molar-refractivity contribution in [3.05, 3.63) is 70.2 Å². The molecule has 0 aromatic heterocycles. The number of nitrogens with zero attached hydrogens (tertiary/aromatic N) is 2. The Hall–Kier alpha value is -2.31. The maximum Gasteiger partial charge on any atom is 0.254 e. The fourth-order valence-electron chi connectivity index (χ4n) is 2.37. The smallest absolute Gasteiger partial charge is 0.254 e. The first kappa shape index (κ1) is 16.1. The van der Waals surface area contributed by atoms with Gasteiger partial charge in [0.2, 0.25) is 0 Å². The molecule has 0 saturated heterocycles. The van der Waals surface area contributed by atoms with Crippen LogP contribution in [0.15, 0.2) is 48.5 Å². The third-order valence-electron chi connectivity index (χ3n) is 3.68. The molecule has 4 heteroatoms. The van der Waals surface area contributed by atoms with E-state index in [0.29, 0.717) is 22.7 Å². The summed E-state index contributed by atoms with van der Waals surface area (Å²) >= 11 is 5.87. The van der Waals surface area contributed by atoms with Crippen molar-refractivity contribution < 1.29 is 4.79 Å². The van der Waals surface area contributed by atoms with E-state index in [-0.39, 0.29) is 11.9 Å². The van der Waals surface area contributed by atoms with Crippen LogP contribution in [0, 0.1) is 11.3 Å². The maximum atomic E-state index is 12.7. The first-order valence-corrected chi connectivity index (χ1v) is 7.51. The minimum atomic E-state index is -0.0686. The van der Waals surface area contributed by atoms with E-state index in [0.717, 1.165) is 5.56 Å². The number of benzene rings is 2. The third kappa shape index (κ3) is 3.47. The first-order chi connectivity index (χ1) is 10.6. The highest BCUT2D eigenvalue weighted by Crippen LogP contribution is 2.23. The molecule has 1 amide bonds. The summed E-state index contributed by atoms with van der Waals surface area (Å²) in [6.45, 7) is 4.54. The van der Waals surface area contributed by atoms with Crippen molar-refractivity contribution in [3.63, 3.8) is 0 Å². The van der Waals surface area contributed by atoms with Crippen molar-refractivity contribution in [1.82, 2.24) is 4.90 Å². The van der Waals surface area contributed by atoms with Crippen LogP contribution in [0.4, 0.5) is 0 Å². The number of carbonyl (C=O) groups excluding carboxylic acids is 1. The van der Waals surface area contributed by atoms with Gasteiger partial charge >= 0.3 is 0 Å². The van der Waals surface area contributed by atoms with Gasteiger partial charge in [-0.1, -0.05) is 23.7 Å². The molecule has 3 nitrogen and oxygen atoms in total. The van der Waals surface area contributed by atoms with Crippen LogP contribution in [-0.2, 0) is 0 Å². The van der Waals surface area contributed by atoms with Crippen molar-refractivity contribution in [2.75, 3.05) is 6.54 Å². The second kappa shape index (κ2) is 7.11. The summed E-state index contributed by atoms with van der Waals surface area (Å²) in [4.78, 5) is 14.5. The largest absolute Gasteiger partial charge is 0.332 e. The van der Waals surface area contributed by atoms with Crippen LogP contribution >= 0.6 is 11.6 Å². The van der Waals surface area contributed by atoms with Crippen LogP contribution < -0.4 is 0 Å². The Kier molecular flexibility index (Phi) is 5.19. The SMILES string of the molecule is CCN(C(=O)c1ccc(Cl)cc1)C(C)c1ccc(C#N)cc1. The molecule has 0 saturated carbocycles. The first-order valence-electron chi connectivity index (χ1n) is 7.13. The molecular weight excluding hydrogens is 296 g/mol. The van der Waals surface area contributed by atoms with E-state index in [1.165, 1.54) is 0 Å². The zero-order chi connectivity index (χ0) is 16.1. The van der Waals surface area contributed by atoms with E-state index in [4.69, 9.17) is 16.9 Å². The molecule has 0 aliphatic carbocycles. The average Bonchev–Trinajstić information content (AvgIpc) is 2.56. The Morgan fingerprint density at radius 1 is 1.18 bits per heavy atom. The molecule has 0 N–H and O–H groups in total. The van der Waals surface area contributed by atoms with Gasteiger partial charge in [0.1, 0.15) is 0 Å². The van der Waals surface area contributed by atoms with Gasteiger partial charge in [-0.05, 0) is 55.8 Å². The van der Waals surface area contributed by atoms with Gasteiger partial charge in [-0.3, -0.25) is 4.79 Å². The molecule has 2 aromatic carbocycles. The molecule has 0 spiro atoms. The lowest BCUT2D eigenvalue weighted by Crippen LogP contribution is -2.33. The molecular formula is C18H17ClN2O. The lowest BCUT2D eigenvalue weighted by atomic mass is 10.0. The Morgan fingerprint density at radius 3 is 2.27 bits per heavy atom. The van der Waals surface area contributed by atoms with Crippen molar-refractivity contribution in [2.24, 2.45) is 0 Å². The summed E-state index contributed by atoms with van der Waals surface area (Å²) in [5.41, 5.74) is 2.23. The number of hydrogen-bond acceptors (Lipinski definition) is 2. The van der Waals surface area contributed by atoms with Crippen molar-refractivity contribution >= 4 is 17.5 Å². The molecule has 0 aliphatic heterocycles. The second-order valence-electron chi connectivity index (χ2n) is 5.01. The summed E-state index contributed by atoms with van der Waals surface area (Å²) in [6, 6.07) is 16.3. The van der Waals surface area contributed by atoms with Crippen LogP contribution in [0.5, 0.6) is 0 Å². The van der Waals surface area contributed by atoms with E-state index >= 15 is 0 Å². The van der Waals surface area contributed by atoms with Gasteiger partial charge in [-0.15, -0.1) is 0 Å². The molecule has 0 aliphatic rings. The van der Waals surface area contributed by atoms with Crippen LogP contribution in [0.1, 0.15) is 41.4 Å². The summed E-state index contributed by atoms with van der Waals surface area (Å²) in [6.07, 6.45) is 0. The average molecular weight is 313 g/mol. The Labute approximate surface area is 135 Å². The zero-order valence-electron chi connectivity index (χ0n) is 12.6. The van der Waals surface area contributed by atoms with E-state index in [1.54, 1.807) is 41.3 Å². The molecule has 2 aromatic rings. The molecule has 0 bridgehead atoms. The number of halogens is 1. The van der Waals surface area contributed by atoms with E-state index in [1.807, 2.05) is 26.0 Å². The van der Waals surface area contributed by atoms with Gasteiger partial charge in [0.15, 0.2) is 0 Å². The Bertz CT molecular complexity index is 687. The molecule has 1 atom stereocenters. The van der Waals surface area contributed by atoms with Gasteiger partial charge in [-0.2, -0.15) is 5.26 Å². The Balaban J connectivity index is 2.24. The monoisotopic (exact) mass is 312 g/mol. The van der Waals surface area contributed by atoms with Crippen molar-refractivity contribution in [3.8, 4) is 6.07 Å². The fraction of sp³-hybridized carbons (Fsp3) is 0.222. The van der Waals surface area contributed by atoms with Crippen LogP contribution in [0.3, 0.4) is 0 Å². The van der Waals surface area contributed by atoms with Gasteiger partial charge in [0, 0.05) is 17.1 Å². The molecule has 0 fully saturated rings. The van der Waals surface area contributed by atoms with Gasteiger partial charge in [0.25, 0.3) is 5.91 Å². The van der Waals surface area contributed by atoms with Crippen LogP contribution in [0.2, 0.25) is 5.02 Å². The number of hydrogen-bond donors (Lipinski definition) is 0. The summed E-state index contributed by atoms with van der Waals surface area (Å²) < 4.78 is 0. The summed E-state index contributed by atoms with van der Waals surface area (Å²) in [7, 11) is 0. The molecule has 1 unspecified atom stereocenters. The standard InChI is InChI=1S/C18H17ClN2O/c1-3-21(18(22)16-8-10-17(19)11-9-16)13(2)15-6-4-14(12-20)5-7-15/h4-11,13H,3H2,1-2H3. The van der Waals surface area contributed by atoms with Crippen LogP contribution in [-0.4, -0.2) is 17.4 Å². The topological polar surface area (TPSA) is 44.1 Å². The second-order valence-corrected chi connectivity index (χ2v) is 5.44. The van der Waals surface area contributed by atoms with Gasteiger partial charge < -0.3 is 4.90 Å². The lowest BCUT2D eigenvalue weighted by Gasteiger charge is -2.28. The molecule has 2 rings (SSSR count). The minimum Gasteiger partial charge on any atom is -0.332 e. The van der Waals surface area contributed by atoms with Crippen molar-refractivity contribution in [1.29, 1.82) is 5.26 Å². The molecule has 0 radical (unpaired) electrons. The highest BCUT2D eigenvalue weighted by molar-refractivity contribution is 6.30. The summed E-state index contributed by atoms with van der Waals surface area (Å²) in [5, 5.41) is 9.47. The highest BCUT2D eigenvalue weighted by atomic mass is 35.5.